The highest BCUT2D eigenvalue weighted by Crippen LogP contribution is 2.13. The van der Waals surface area contributed by atoms with Crippen LogP contribution in [-0.2, 0) is 33.6 Å². The molecule has 4 amide bonds. The first-order chi connectivity index (χ1) is 25.4. The lowest BCUT2D eigenvalue weighted by atomic mass is 9.98. The highest BCUT2D eigenvalue weighted by molar-refractivity contribution is 5.87. The summed E-state index contributed by atoms with van der Waals surface area (Å²) in [5.41, 5.74) is 10.7. The van der Waals surface area contributed by atoms with Crippen LogP contribution < -0.4 is 48.7 Å². The van der Waals surface area contributed by atoms with E-state index in [0.717, 1.165) is 70.8 Å². The van der Waals surface area contributed by atoms with E-state index in [1.807, 2.05) is 13.8 Å². The molecule has 16 nitrogen and oxygen atoms in total. The molecule has 0 heterocycles. The summed E-state index contributed by atoms with van der Waals surface area (Å²) in [7, 11) is 1.71. The average molecular weight is 754 g/mol. The summed E-state index contributed by atoms with van der Waals surface area (Å²) in [6.45, 7) is 7.25. The number of hydrogen-bond acceptors (Lipinski definition) is 12. The van der Waals surface area contributed by atoms with Gasteiger partial charge in [-0.3, -0.25) is 38.9 Å². The van der Waals surface area contributed by atoms with Crippen molar-refractivity contribution < 1.29 is 33.6 Å². The Bertz CT molecular complexity index is 1080. The number of primary amides is 2. The largest absolute Gasteiger partial charge is 0.369 e. The molecule has 0 rings (SSSR count). The van der Waals surface area contributed by atoms with Crippen LogP contribution in [0, 0.1) is 11.8 Å². The molecule has 0 aromatic carbocycles. The Labute approximate surface area is 317 Å². The van der Waals surface area contributed by atoms with Gasteiger partial charge in [-0.1, -0.05) is 26.7 Å². The first kappa shape index (κ1) is 49.7. The smallest absolute Gasteiger partial charge is 0.234 e. The van der Waals surface area contributed by atoms with Crippen molar-refractivity contribution in [1.29, 1.82) is 0 Å². The second kappa shape index (κ2) is 33.3. The molecule has 0 spiro atoms. The summed E-state index contributed by atoms with van der Waals surface area (Å²) in [4.78, 5) is 83.3. The number of carbonyl (C=O) groups excluding carboxylic acids is 7. The van der Waals surface area contributed by atoms with Gasteiger partial charge in [-0.15, -0.1) is 0 Å². The molecule has 0 aromatic rings. The maximum atomic E-state index is 12.5. The van der Waals surface area contributed by atoms with Crippen LogP contribution in [0.2, 0.25) is 0 Å². The predicted molar refractivity (Wildman–Crippen MR) is 206 cm³/mol. The highest BCUT2D eigenvalue weighted by atomic mass is 16.2. The van der Waals surface area contributed by atoms with Crippen LogP contribution in [0.1, 0.15) is 110 Å². The van der Waals surface area contributed by atoms with Gasteiger partial charge in [0.25, 0.3) is 0 Å². The average Bonchev–Trinajstić information content (AvgIpc) is 3.12. The first-order valence-electron chi connectivity index (χ1n) is 19.6. The van der Waals surface area contributed by atoms with Gasteiger partial charge in [-0.25, -0.2) is 0 Å². The maximum Gasteiger partial charge on any atom is 0.234 e. The van der Waals surface area contributed by atoms with Crippen molar-refractivity contribution >= 4 is 41.0 Å². The van der Waals surface area contributed by atoms with Crippen LogP contribution >= 0.6 is 0 Å². The molecule has 53 heavy (non-hydrogen) atoms. The first-order valence-corrected chi connectivity index (χ1v) is 19.6. The molecule has 0 radical (unpaired) electrons. The zero-order chi connectivity index (χ0) is 39.7. The van der Waals surface area contributed by atoms with Crippen molar-refractivity contribution in [1.82, 2.24) is 37.2 Å². The SMILES string of the molecule is CC[C@@H](CCCCNCC(=O)CNCCC(=O)CCCC(=O)NCC(=O)CNCNCCCC[C@@H](CC)C(=O)NCCCC[C@H](NC)C(N)=O)C(N)=O. The van der Waals surface area contributed by atoms with E-state index in [1.165, 1.54) is 0 Å². The monoisotopic (exact) mass is 754 g/mol. The Morgan fingerprint density at radius 3 is 1.70 bits per heavy atom. The lowest BCUT2D eigenvalue weighted by molar-refractivity contribution is -0.125. The summed E-state index contributed by atoms with van der Waals surface area (Å²) < 4.78 is 0. The van der Waals surface area contributed by atoms with E-state index in [0.29, 0.717) is 39.1 Å². The molecular weight excluding hydrogens is 682 g/mol. The molecule has 0 aliphatic carbocycles. The summed E-state index contributed by atoms with van der Waals surface area (Å²) in [6, 6.07) is -0.340. The summed E-state index contributed by atoms with van der Waals surface area (Å²) in [5.74, 6) is -1.10. The molecule has 0 bridgehead atoms. The van der Waals surface area contributed by atoms with E-state index in [-0.39, 0.29) is 104 Å². The van der Waals surface area contributed by atoms with Gasteiger partial charge in [0.05, 0.1) is 32.2 Å². The van der Waals surface area contributed by atoms with E-state index in [4.69, 9.17) is 11.5 Å². The van der Waals surface area contributed by atoms with E-state index in [1.54, 1.807) is 7.05 Å². The highest BCUT2D eigenvalue weighted by Gasteiger charge is 2.16. The van der Waals surface area contributed by atoms with E-state index in [2.05, 4.69) is 37.2 Å². The number of unbranched alkanes of at least 4 members (excludes halogenated alkanes) is 3. The summed E-state index contributed by atoms with van der Waals surface area (Å²) >= 11 is 0. The Morgan fingerprint density at radius 1 is 0.509 bits per heavy atom. The van der Waals surface area contributed by atoms with Crippen molar-refractivity contribution in [3.8, 4) is 0 Å². The molecule has 306 valence electrons. The fraction of sp³-hybridized carbons (Fsp3) is 0.811. The Balaban J connectivity index is 3.74. The Hall–Kier alpha value is -3.31. The number of likely N-dealkylation sites (N-methyl/N-ethyl adjacent to an activating group) is 1. The molecule has 0 aliphatic heterocycles. The van der Waals surface area contributed by atoms with Gasteiger partial charge in [-0.2, -0.15) is 0 Å². The van der Waals surface area contributed by atoms with Crippen molar-refractivity contribution in [3.63, 3.8) is 0 Å². The molecule has 0 fully saturated rings. The Morgan fingerprint density at radius 2 is 1.08 bits per heavy atom. The number of ketones is 3. The number of amides is 4. The minimum absolute atomic E-state index is 0.00165. The summed E-state index contributed by atoms with van der Waals surface area (Å²) in [6.07, 6.45) is 9.91. The second-order valence-electron chi connectivity index (χ2n) is 13.6. The number of Topliss-reactive ketones (excluding diaryl/α,β-unsaturated/α-hetero) is 3. The van der Waals surface area contributed by atoms with Crippen LogP contribution in [0.3, 0.4) is 0 Å². The van der Waals surface area contributed by atoms with Crippen LogP contribution in [0.15, 0.2) is 0 Å². The molecule has 3 atom stereocenters. The van der Waals surface area contributed by atoms with E-state index in [9.17, 15) is 33.6 Å². The molecule has 0 aliphatic rings. The van der Waals surface area contributed by atoms with Gasteiger partial charge in [-0.05, 0) is 84.3 Å². The topological polar surface area (TPSA) is 256 Å². The third-order valence-electron chi connectivity index (χ3n) is 9.12. The van der Waals surface area contributed by atoms with Gasteiger partial charge in [0.15, 0.2) is 11.6 Å². The molecular formula is C37H71N9O7. The minimum atomic E-state index is -0.366. The zero-order valence-electron chi connectivity index (χ0n) is 32.7. The predicted octanol–water partition coefficient (Wildman–Crippen LogP) is -0.0757. The summed E-state index contributed by atoms with van der Waals surface area (Å²) in [5, 5.41) is 20.8. The zero-order valence-corrected chi connectivity index (χ0v) is 32.7. The van der Waals surface area contributed by atoms with Gasteiger partial charge >= 0.3 is 0 Å². The number of rotatable bonds is 38. The Kier molecular flexibility index (Phi) is 31.2. The lowest BCUT2D eigenvalue weighted by Gasteiger charge is -2.16. The quantitative estimate of drug-likeness (QED) is 0.0297. The van der Waals surface area contributed by atoms with Gasteiger partial charge in [0, 0.05) is 50.9 Å². The molecule has 11 N–H and O–H groups in total. The molecule has 0 unspecified atom stereocenters. The molecule has 0 saturated carbocycles. The molecule has 16 heteroatoms. The standard InChI is InChI=1S/C37H71N9O7/c1-4-28(35(38)51)13-6-9-19-41-23-31(48)24-42-22-18-30(47)15-12-17-34(50)46-26-32(49)25-44-27-43-20-10-7-14-29(5-2)37(53)45-21-11-8-16-33(40-3)36(39)52/h28-29,33,40-44H,4-27H2,1-3H3,(H2,38,51)(H2,39,52)(H,45,53)(H,46,50)/t28-,29+,33-/m0/s1. The fourth-order valence-electron chi connectivity index (χ4n) is 5.65. The third-order valence-corrected chi connectivity index (χ3v) is 9.12. The third kappa shape index (κ3) is 28.8. The van der Waals surface area contributed by atoms with Crippen molar-refractivity contribution in [2.45, 2.75) is 116 Å². The maximum absolute atomic E-state index is 12.5. The minimum Gasteiger partial charge on any atom is -0.369 e. The molecule has 0 aromatic heterocycles. The number of nitrogens with two attached hydrogens (primary N) is 2. The van der Waals surface area contributed by atoms with Crippen molar-refractivity contribution in [2.75, 3.05) is 66.1 Å². The second-order valence-corrected chi connectivity index (χ2v) is 13.6. The van der Waals surface area contributed by atoms with Gasteiger partial charge in [0.2, 0.25) is 23.6 Å². The van der Waals surface area contributed by atoms with Crippen molar-refractivity contribution in [2.24, 2.45) is 23.3 Å². The normalized spacial score (nSPS) is 12.8. The van der Waals surface area contributed by atoms with E-state index >= 15 is 0 Å². The van der Waals surface area contributed by atoms with E-state index < -0.39 is 0 Å². The lowest BCUT2D eigenvalue weighted by Crippen LogP contribution is -2.39. The molecule has 0 saturated heterocycles. The number of hydrogen-bond donors (Lipinski definition) is 9. The fourth-order valence-corrected chi connectivity index (χ4v) is 5.65. The van der Waals surface area contributed by atoms with Crippen molar-refractivity contribution in [3.05, 3.63) is 0 Å². The van der Waals surface area contributed by atoms with Gasteiger partial charge < -0.3 is 43.4 Å². The van der Waals surface area contributed by atoms with Crippen LogP contribution in [0.4, 0.5) is 0 Å². The number of carbonyl (C=O) groups is 7. The van der Waals surface area contributed by atoms with Crippen LogP contribution in [0.25, 0.3) is 0 Å². The number of nitrogens with one attached hydrogen (secondary N) is 7. The van der Waals surface area contributed by atoms with Crippen LogP contribution in [-0.4, -0.2) is 113 Å². The van der Waals surface area contributed by atoms with Gasteiger partial charge in [0.1, 0.15) is 5.78 Å². The van der Waals surface area contributed by atoms with Crippen LogP contribution in [0.5, 0.6) is 0 Å².